The molecule has 0 bridgehead atoms. The van der Waals surface area contributed by atoms with Crippen molar-refractivity contribution in [2.45, 2.75) is 4.90 Å². The third-order valence-electron chi connectivity index (χ3n) is 3.18. The predicted octanol–water partition coefficient (Wildman–Crippen LogP) is 3.93. The molecule has 3 rings (SSSR count). The van der Waals surface area contributed by atoms with E-state index >= 15 is 0 Å². The maximum atomic E-state index is 3.94. The van der Waals surface area contributed by atoms with Crippen LogP contribution >= 0.6 is 27.7 Å². The van der Waals surface area contributed by atoms with Crippen LogP contribution in [0.25, 0.3) is 22.2 Å². The SMILES string of the molecule is [NH3+]CCSc1c(-c2ccc(Br)cc2)[nH]c2ccccc12. The molecule has 102 valence electrons. The molecule has 0 spiro atoms. The Bertz CT molecular complexity index is 719. The minimum Gasteiger partial charge on any atom is -0.357 e. The van der Waals surface area contributed by atoms with Gasteiger partial charge in [-0.05, 0) is 23.8 Å². The van der Waals surface area contributed by atoms with Gasteiger partial charge in [-0.3, -0.25) is 0 Å². The van der Waals surface area contributed by atoms with E-state index < -0.39 is 0 Å². The zero-order chi connectivity index (χ0) is 13.9. The van der Waals surface area contributed by atoms with Crippen LogP contribution in [0.3, 0.4) is 0 Å². The Labute approximate surface area is 130 Å². The van der Waals surface area contributed by atoms with E-state index in [9.17, 15) is 0 Å². The second-order valence-electron chi connectivity index (χ2n) is 4.58. The van der Waals surface area contributed by atoms with Gasteiger partial charge in [0.05, 0.1) is 12.2 Å². The van der Waals surface area contributed by atoms with Gasteiger partial charge in [0.1, 0.15) is 0 Å². The van der Waals surface area contributed by atoms with E-state index in [2.05, 4.69) is 75.2 Å². The number of benzene rings is 2. The van der Waals surface area contributed by atoms with Crippen LogP contribution in [0, 0.1) is 0 Å². The van der Waals surface area contributed by atoms with Crippen molar-refractivity contribution in [1.82, 2.24) is 4.98 Å². The lowest BCUT2D eigenvalue weighted by Gasteiger charge is -2.04. The molecule has 4 N–H and O–H groups in total. The Morgan fingerprint density at radius 1 is 1.05 bits per heavy atom. The van der Waals surface area contributed by atoms with Crippen molar-refractivity contribution in [3.8, 4) is 11.3 Å². The van der Waals surface area contributed by atoms with Gasteiger partial charge < -0.3 is 10.7 Å². The Kier molecular flexibility index (Phi) is 4.15. The molecule has 0 atom stereocenters. The largest absolute Gasteiger partial charge is 0.357 e. The lowest BCUT2D eigenvalue weighted by molar-refractivity contribution is -0.360. The zero-order valence-electron chi connectivity index (χ0n) is 11.0. The molecule has 2 aromatic carbocycles. The number of aromatic nitrogens is 1. The Balaban J connectivity index is 2.15. The van der Waals surface area contributed by atoms with E-state index in [4.69, 9.17) is 0 Å². The summed E-state index contributed by atoms with van der Waals surface area (Å²) in [4.78, 5) is 4.88. The van der Waals surface area contributed by atoms with Crippen LogP contribution in [0.4, 0.5) is 0 Å². The summed E-state index contributed by atoms with van der Waals surface area (Å²) < 4.78 is 1.10. The van der Waals surface area contributed by atoms with Gasteiger partial charge in [0.15, 0.2) is 0 Å². The number of halogens is 1. The molecule has 0 amide bonds. The minimum atomic E-state index is 0.934. The Morgan fingerprint density at radius 3 is 2.55 bits per heavy atom. The van der Waals surface area contributed by atoms with Crippen LogP contribution in [0.5, 0.6) is 0 Å². The molecule has 0 saturated heterocycles. The van der Waals surface area contributed by atoms with Crippen molar-refractivity contribution < 1.29 is 5.73 Å². The highest BCUT2D eigenvalue weighted by Gasteiger charge is 2.13. The average Bonchev–Trinajstić information content (AvgIpc) is 2.84. The molecule has 4 heteroatoms. The molecule has 0 unspecified atom stereocenters. The lowest BCUT2D eigenvalue weighted by atomic mass is 10.1. The van der Waals surface area contributed by atoms with Gasteiger partial charge in [-0.25, -0.2) is 0 Å². The lowest BCUT2D eigenvalue weighted by Crippen LogP contribution is -2.51. The Hall–Kier alpha value is -1.23. The Morgan fingerprint density at radius 2 is 1.80 bits per heavy atom. The van der Waals surface area contributed by atoms with E-state index in [1.165, 1.54) is 27.1 Å². The summed E-state index contributed by atoms with van der Waals surface area (Å²) in [6, 6.07) is 16.9. The van der Waals surface area contributed by atoms with Gasteiger partial charge >= 0.3 is 0 Å². The highest BCUT2D eigenvalue weighted by atomic mass is 79.9. The van der Waals surface area contributed by atoms with Gasteiger partial charge in [-0.2, -0.15) is 0 Å². The van der Waals surface area contributed by atoms with E-state index in [1.807, 2.05) is 11.8 Å². The van der Waals surface area contributed by atoms with Crippen LogP contribution < -0.4 is 5.73 Å². The number of nitrogens with one attached hydrogen (secondary N) is 1. The van der Waals surface area contributed by atoms with E-state index in [0.29, 0.717) is 0 Å². The summed E-state index contributed by atoms with van der Waals surface area (Å²) in [5.74, 6) is 1.03. The highest BCUT2D eigenvalue weighted by Crippen LogP contribution is 2.37. The van der Waals surface area contributed by atoms with E-state index in [1.54, 1.807) is 0 Å². The van der Waals surface area contributed by atoms with Crippen molar-refractivity contribution in [1.29, 1.82) is 0 Å². The normalized spacial score (nSPS) is 11.1. The molecule has 20 heavy (non-hydrogen) atoms. The second kappa shape index (κ2) is 6.04. The maximum absolute atomic E-state index is 3.94. The molecular weight excluding hydrogens is 332 g/mol. The summed E-state index contributed by atoms with van der Waals surface area (Å²) in [6.45, 7) is 0.934. The summed E-state index contributed by atoms with van der Waals surface area (Å²) >= 11 is 5.37. The van der Waals surface area contributed by atoms with Crippen molar-refractivity contribution in [2.75, 3.05) is 12.3 Å². The fourth-order valence-electron chi connectivity index (χ4n) is 2.26. The molecule has 3 aromatic rings. The number of hydrogen-bond acceptors (Lipinski definition) is 1. The monoisotopic (exact) mass is 347 g/mol. The van der Waals surface area contributed by atoms with E-state index in [-0.39, 0.29) is 0 Å². The van der Waals surface area contributed by atoms with Crippen LogP contribution in [0.2, 0.25) is 0 Å². The first kappa shape index (κ1) is 13.7. The predicted molar refractivity (Wildman–Crippen MR) is 89.9 cm³/mol. The van der Waals surface area contributed by atoms with E-state index in [0.717, 1.165) is 16.8 Å². The van der Waals surface area contributed by atoms with Crippen LogP contribution in [-0.4, -0.2) is 17.3 Å². The van der Waals surface area contributed by atoms with Crippen molar-refractivity contribution >= 4 is 38.6 Å². The number of hydrogen-bond donors (Lipinski definition) is 2. The molecule has 0 aliphatic rings. The summed E-state index contributed by atoms with van der Waals surface area (Å²) in [6.07, 6.45) is 0. The summed E-state index contributed by atoms with van der Waals surface area (Å²) in [7, 11) is 0. The molecule has 0 fully saturated rings. The highest BCUT2D eigenvalue weighted by molar-refractivity contribution is 9.10. The number of quaternary nitrogens is 1. The standard InChI is InChI=1S/C16H15BrN2S/c17-12-7-5-11(6-8-12)15-16(20-10-9-18)13-3-1-2-4-14(13)19-15/h1-8,19H,9-10,18H2/p+1. The van der Waals surface area contributed by atoms with Crippen molar-refractivity contribution in [3.05, 3.63) is 53.0 Å². The minimum absolute atomic E-state index is 0.934. The first-order chi connectivity index (χ1) is 9.79. The van der Waals surface area contributed by atoms with Gasteiger partial charge in [-0.1, -0.05) is 46.3 Å². The fourth-order valence-corrected chi connectivity index (χ4v) is 3.52. The molecule has 1 heterocycles. The molecule has 2 nitrogen and oxygen atoms in total. The number of fused-ring (bicyclic) bond motifs is 1. The first-order valence-corrected chi connectivity index (χ1v) is 8.36. The summed E-state index contributed by atoms with van der Waals surface area (Å²) in [5, 5.41) is 1.30. The number of thioether (sulfide) groups is 1. The average molecular weight is 348 g/mol. The van der Waals surface area contributed by atoms with Crippen LogP contribution in [0.1, 0.15) is 0 Å². The van der Waals surface area contributed by atoms with Crippen molar-refractivity contribution in [2.24, 2.45) is 0 Å². The van der Waals surface area contributed by atoms with Gasteiger partial charge in [-0.15, -0.1) is 11.8 Å². The third kappa shape index (κ3) is 2.64. The van der Waals surface area contributed by atoms with Crippen molar-refractivity contribution in [3.63, 3.8) is 0 Å². The van der Waals surface area contributed by atoms with Gasteiger partial charge in [0, 0.05) is 26.0 Å². The zero-order valence-corrected chi connectivity index (χ0v) is 13.4. The molecule has 0 aliphatic heterocycles. The number of para-hydroxylation sites is 1. The quantitative estimate of drug-likeness (QED) is 0.690. The van der Waals surface area contributed by atoms with Crippen LogP contribution in [-0.2, 0) is 0 Å². The first-order valence-electron chi connectivity index (χ1n) is 6.58. The maximum Gasteiger partial charge on any atom is 0.0835 e. The fraction of sp³-hybridized carbons (Fsp3) is 0.125. The smallest absolute Gasteiger partial charge is 0.0835 e. The van der Waals surface area contributed by atoms with Gasteiger partial charge in [0.25, 0.3) is 0 Å². The van der Waals surface area contributed by atoms with Crippen LogP contribution in [0.15, 0.2) is 57.9 Å². The third-order valence-corrected chi connectivity index (χ3v) is 4.92. The number of rotatable bonds is 4. The topological polar surface area (TPSA) is 43.4 Å². The molecule has 0 saturated carbocycles. The van der Waals surface area contributed by atoms with Gasteiger partial charge in [0.2, 0.25) is 0 Å². The molecule has 0 radical (unpaired) electrons. The summed E-state index contributed by atoms with van der Waals surface area (Å²) in [5.41, 5.74) is 7.56. The number of aromatic amines is 1. The second-order valence-corrected chi connectivity index (χ2v) is 6.60. The number of H-pyrrole nitrogens is 1. The molecular formula is C16H16BrN2S+. The molecule has 0 aliphatic carbocycles. The molecule has 1 aromatic heterocycles.